The minimum Gasteiger partial charge on any atom is -0.314 e. The maximum atomic E-state index is 11.9. The van der Waals surface area contributed by atoms with Crippen molar-refractivity contribution < 1.29 is 13.2 Å². The van der Waals surface area contributed by atoms with Gasteiger partial charge in [0, 0.05) is 24.9 Å². The van der Waals surface area contributed by atoms with Gasteiger partial charge in [0.1, 0.15) is 0 Å². The van der Waals surface area contributed by atoms with Crippen LogP contribution in [0.1, 0.15) is 26.2 Å². The maximum absolute atomic E-state index is 11.9. The molecule has 1 unspecified atom stereocenters. The van der Waals surface area contributed by atoms with Crippen LogP contribution >= 0.6 is 11.8 Å². The Kier molecular flexibility index (Phi) is 6.66. The van der Waals surface area contributed by atoms with E-state index in [-0.39, 0.29) is 17.5 Å². The zero-order chi connectivity index (χ0) is 12.7. The Hall–Kier alpha value is 0.0600. The molecule has 1 fully saturated rings. The van der Waals surface area contributed by atoms with E-state index in [1.54, 1.807) is 0 Å². The van der Waals surface area contributed by atoms with E-state index < -0.39 is 5.51 Å². The fourth-order valence-corrected chi connectivity index (χ4v) is 2.52. The summed E-state index contributed by atoms with van der Waals surface area (Å²) in [6.07, 6.45) is 3.79. The number of rotatable bonds is 6. The molecule has 0 bridgehead atoms. The fraction of sp³-hybridized carbons (Fsp3) is 1.00. The molecule has 0 aromatic rings. The predicted molar refractivity (Wildman–Crippen MR) is 66.3 cm³/mol. The van der Waals surface area contributed by atoms with Crippen molar-refractivity contribution in [3.8, 4) is 0 Å². The highest BCUT2D eigenvalue weighted by Gasteiger charge is 2.27. The van der Waals surface area contributed by atoms with Gasteiger partial charge in [0.2, 0.25) is 0 Å². The zero-order valence-corrected chi connectivity index (χ0v) is 11.0. The molecule has 1 saturated heterocycles. The van der Waals surface area contributed by atoms with Gasteiger partial charge < -0.3 is 5.32 Å². The van der Waals surface area contributed by atoms with Gasteiger partial charge >= 0.3 is 5.51 Å². The molecule has 0 saturated carbocycles. The van der Waals surface area contributed by atoms with E-state index in [2.05, 4.69) is 17.1 Å². The Morgan fingerprint density at radius 3 is 2.47 bits per heavy atom. The van der Waals surface area contributed by atoms with E-state index in [1.807, 2.05) is 0 Å². The highest BCUT2D eigenvalue weighted by atomic mass is 32.2. The number of nitrogens with one attached hydrogen (secondary N) is 1. The van der Waals surface area contributed by atoms with Crippen LogP contribution in [-0.2, 0) is 0 Å². The van der Waals surface area contributed by atoms with Gasteiger partial charge in [0.05, 0.1) is 0 Å². The molecular formula is C11H21F3N2S. The average molecular weight is 270 g/mol. The van der Waals surface area contributed by atoms with Crippen LogP contribution in [0, 0.1) is 0 Å². The number of nitrogens with zero attached hydrogens (tertiary/aromatic N) is 1. The molecule has 0 amide bonds. The molecule has 1 atom stereocenters. The first kappa shape index (κ1) is 15.1. The first-order valence-corrected chi connectivity index (χ1v) is 7.13. The quantitative estimate of drug-likeness (QED) is 0.747. The highest BCUT2D eigenvalue weighted by Crippen LogP contribution is 2.29. The summed E-state index contributed by atoms with van der Waals surface area (Å²) in [6.45, 7) is 5.58. The van der Waals surface area contributed by atoms with Gasteiger partial charge in [-0.1, -0.05) is 6.42 Å². The summed E-state index contributed by atoms with van der Waals surface area (Å²) in [6, 6.07) is 0.422. The predicted octanol–water partition coefficient (Wildman–Crippen LogP) is 2.70. The zero-order valence-electron chi connectivity index (χ0n) is 10.2. The van der Waals surface area contributed by atoms with Gasteiger partial charge in [-0.2, -0.15) is 13.2 Å². The average Bonchev–Trinajstić information content (AvgIpc) is 2.28. The standard InChI is InChI=1S/C11H21F3N2S/c1-10(16-6-3-2-4-7-16)9-15-5-8-17-11(12,13)14/h10,15H,2-9H2,1H3. The first-order chi connectivity index (χ1) is 7.99. The molecule has 0 aromatic carbocycles. The second-order valence-corrected chi connectivity index (χ2v) is 5.60. The molecule has 0 aromatic heterocycles. The topological polar surface area (TPSA) is 15.3 Å². The Labute approximate surface area is 105 Å². The molecule has 6 heteroatoms. The largest absolute Gasteiger partial charge is 0.441 e. The highest BCUT2D eigenvalue weighted by molar-refractivity contribution is 8.00. The van der Waals surface area contributed by atoms with E-state index in [0.717, 1.165) is 19.6 Å². The Bertz CT molecular complexity index is 205. The number of thioether (sulfide) groups is 1. The lowest BCUT2D eigenvalue weighted by molar-refractivity contribution is -0.0327. The van der Waals surface area contributed by atoms with Crippen LogP contribution in [0.3, 0.4) is 0 Å². The molecule has 2 nitrogen and oxygen atoms in total. The Morgan fingerprint density at radius 2 is 1.88 bits per heavy atom. The van der Waals surface area contributed by atoms with Gasteiger partial charge in [0.25, 0.3) is 0 Å². The van der Waals surface area contributed by atoms with Crippen LogP contribution in [0.2, 0.25) is 0 Å². The number of hydrogen-bond donors (Lipinski definition) is 1. The molecule has 17 heavy (non-hydrogen) atoms. The monoisotopic (exact) mass is 270 g/mol. The van der Waals surface area contributed by atoms with Crippen LogP contribution in [0.4, 0.5) is 13.2 Å². The Morgan fingerprint density at radius 1 is 1.24 bits per heavy atom. The summed E-state index contributed by atoms with van der Waals surface area (Å²) in [5.74, 6) is 0.0935. The summed E-state index contributed by atoms with van der Waals surface area (Å²) >= 11 is 0.0447. The van der Waals surface area contributed by atoms with Crippen molar-refractivity contribution in [2.75, 3.05) is 31.9 Å². The van der Waals surface area contributed by atoms with Gasteiger partial charge in [0.15, 0.2) is 0 Å². The van der Waals surface area contributed by atoms with Crippen molar-refractivity contribution in [3.05, 3.63) is 0 Å². The first-order valence-electron chi connectivity index (χ1n) is 6.14. The minimum atomic E-state index is -4.10. The van der Waals surface area contributed by atoms with Crippen molar-refractivity contribution in [2.45, 2.75) is 37.7 Å². The van der Waals surface area contributed by atoms with Crippen molar-refractivity contribution in [1.29, 1.82) is 0 Å². The molecule has 0 spiro atoms. The second-order valence-electron chi connectivity index (χ2n) is 4.44. The molecule has 0 aliphatic carbocycles. The summed E-state index contributed by atoms with van der Waals surface area (Å²) in [5.41, 5.74) is -4.10. The second kappa shape index (κ2) is 7.48. The lowest BCUT2D eigenvalue weighted by Gasteiger charge is -2.32. The minimum absolute atomic E-state index is 0.0447. The molecular weight excluding hydrogens is 249 g/mol. The van der Waals surface area contributed by atoms with Crippen LogP contribution in [0.5, 0.6) is 0 Å². The Balaban J connectivity index is 2.01. The van der Waals surface area contributed by atoms with E-state index >= 15 is 0 Å². The number of halogens is 3. The molecule has 1 aliphatic heterocycles. The number of piperidine rings is 1. The number of likely N-dealkylation sites (tertiary alicyclic amines) is 1. The van der Waals surface area contributed by atoms with Crippen molar-refractivity contribution in [2.24, 2.45) is 0 Å². The lowest BCUT2D eigenvalue weighted by atomic mass is 10.1. The summed E-state index contributed by atoms with van der Waals surface area (Å²) < 4.78 is 35.6. The third-order valence-corrected chi connectivity index (χ3v) is 3.73. The third-order valence-electron chi connectivity index (χ3n) is 3.00. The van der Waals surface area contributed by atoms with E-state index in [1.165, 1.54) is 19.3 Å². The van der Waals surface area contributed by atoms with E-state index in [4.69, 9.17) is 0 Å². The summed E-state index contributed by atoms with van der Waals surface area (Å²) in [5, 5.41) is 3.09. The van der Waals surface area contributed by atoms with Crippen molar-refractivity contribution in [3.63, 3.8) is 0 Å². The normalized spacial score (nSPS) is 20.5. The van der Waals surface area contributed by atoms with Crippen molar-refractivity contribution in [1.82, 2.24) is 10.2 Å². The summed E-state index contributed by atoms with van der Waals surface area (Å²) in [4.78, 5) is 2.41. The number of alkyl halides is 3. The number of hydrogen-bond acceptors (Lipinski definition) is 3. The van der Waals surface area contributed by atoms with Crippen LogP contribution < -0.4 is 5.32 Å². The lowest BCUT2D eigenvalue weighted by Crippen LogP contribution is -2.43. The SMILES string of the molecule is CC(CNCCSC(F)(F)F)N1CCCCC1. The maximum Gasteiger partial charge on any atom is 0.441 e. The van der Waals surface area contributed by atoms with E-state index in [9.17, 15) is 13.2 Å². The fourth-order valence-electron chi connectivity index (χ4n) is 2.04. The smallest absolute Gasteiger partial charge is 0.314 e. The summed E-state index contributed by atoms with van der Waals surface area (Å²) in [7, 11) is 0. The van der Waals surface area contributed by atoms with Crippen LogP contribution in [0.15, 0.2) is 0 Å². The molecule has 1 heterocycles. The molecule has 1 aliphatic rings. The van der Waals surface area contributed by atoms with Gasteiger partial charge in [-0.15, -0.1) is 0 Å². The third kappa shape index (κ3) is 7.16. The van der Waals surface area contributed by atoms with Gasteiger partial charge in [-0.25, -0.2) is 0 Å². The van der Waals surface area contributed by atoms with Crippen LogP contribution in [-0.4, -0.2) is 48.4 Å². The molecule has 1 N–H and O–H groups in total. The van der Waals surface area contributed by atoms with Crippen molar-refractivity contribution >= 4 is 11.8 Å². The van der Waals surface area contributed by atoms with E-state index in [0.29, 0.717) is 12.6 Å². The molecule has 0 radical (unpaired) electrons. The molecule has 1 rings (SSSR count). The molecule has 102 valence electrons. The van der Waals surface area contributed by atoms with Gasteiger partial charge in [-0.05, 0) is 44.6 Å². The van der Waals surface area contributed by atoms with Crippen LogP contribution in [0.25, 0.3) is 0 Å². The van der Waals surface area contributed by atoms with Gasteiger partial charge in [-0.3, -0.25) is 4.90 Å².